The lowest BCUT2D eigenvalue weighted by atomic mass is 10.1. The van der Waals surface area contributed by atoms with Crippen LogP contribution in [0.1, 0.15) is 18.4 Å². The Morgan fingerprint density at radius 2 is 1.75 bits per heavy atom. The molecule has 5 nitrogen and oxygen atoms in total. The second-order valence-corrected chi connectivity index (χ2v) is 7.73. The van der Waals surface area contributed by atoms with Crippen LogP contribution < -0.4 is 5.32 Å². The van der Waals surface area contributed by atoms with Gasteiger partial charge in [0.1, 0.15) is 0 Å². The highest BCUT2D eigenvalue weighted by atomic mass is 32.2. The molecule has 0 saturated carbocycles. The van der Waals surface area contributed by atoms with Crippen molar-refractivity contribution in [3.63, 3.8) is 0 Å². The molecule has 0 aliphatic heterocycles. The Bertz CT molecular complexity index is 1100. The molecule has 1 aromatic heterocycles. The number of nitrogens with one attached hydrogen (secondary N) is 1. The van der Waals surface area contributed by atoms with Gasteiger partial charge in [-0.1, -0.05) is 72.4 Å². The lowest BCUT2D eigenvalue weighted by molar-refractivity contribution is -0.115. The van der Waals surface area contributed by atoms with Crippen LogP contribution in [0.3, 0.4) is 0 Å². The first kappa shape index (κ1) is 18.3. The standard InChI is InChI=1S/C22H19N3O2S/c1-15(21(26)23-19-12-11-17-9-5-6-10-18(17)14-19)28-22-25-24-20(27-22)13-16-7-3-2-4-8-16/h2-12,14-15H,13H2,1H3,(H,23,26)/t15-/m0/s1. The summed E-state index contributed by atoms with van der Waals surface area (Å²) in [5.74, 6) is 0.430. The Kier molecular flexibility index (Phi) is 5.39. The Morgan fingerprint density at radius 1 is 1.00 bits per heavy atom. The highest BCUT2D eigenvalue weighted by Crippen LogP contribution is 2.25. The number of anilines is 1. The molecular formula is C22H19N3O2S. The van der Waals surface area contributed by atoms with Gasteiger partial charge in [0, 0.05) is 5.69 Å². The molecule has 0 saturated heterocycles. The van der Waals surface area contributed by atoms with Crippen LogP contribution in [0.5, 0.6) is 0 Å². The maximum absolute atomic E-state index is 12.5. The van der Waals surface area contributed by atoms with E-state index in [9.17, 15) is 4.79 Å². The third kappa shape index (κ3) is 4.40. The summed E-state index contributed by atoms with van der Waals surface area (Å²) in [5.41, 5.74) is 1.87. The zero-order valence-corrected chi connectivity index (χ0v) is 16.1. The predicted octanol–water partition coefficient (Wildman–Crippen LogP) is 4.93. The van der Waals surface area contributed by atoms with Crippen molar-refractivity contribution in [3.8, 4) is 0 Å². The largest absolute Gasteiger partial charge is 0.416 e. The van der Waals surface area contributed by atoms with Crippen molar-refractivity contribution in [2.75, 3.05) is 5.32 Å². The van der Waals surface area contributed by atoms with E-state index in [1.165, 1.54) is 11.8 Å². The van der Waals surface area contributed by atoms with Gasteiger partial charge in [-0.2, -0.15) is 0 Å². The summed E-state index contributed by atoms with van der Waals surface area (Å²) in [5, 5.41) is 13.3. The van der Waals surface area contributed by atoms with E-state index < -0.39 is 0 Å². The van der Waals surface area contributed by atoms with Crippen molar-refractivity contribution < 1.29 is 9.21 Å². The SMILES string of the molecule is C[C@H](Sc1nnc(Cc2ccccc2)o1)C(=O)Nc1ccc2ccccc2c1. The van der Waals surface area contributed by atoms with Crippen LogP contribution in [0, 0.1) is 0 Å². The molecule has 1 amide bonds. The maximum atomic E-state index is 12.5. The Labute approximate surface area is 167 Å². The Hall–Kier alpha value is -3.12. The van der Waals surface area contributed by atoms with E-state index in [2.05, 4.69) is 15.5 Å². The highest BCUT2D eigenvalue weighted by molar-refractivity contribution is 8.00. The minimum Gasteiger partial charge on any atom is -0.416 e. The van der Waals surface area contributed by atoms with Gasteiger partial charge in [-0.15, -0.1) is 10.2 Å². The van der Waals surface area contributed by atoms with Gasteiger partial charge in [0.15, 0.2) is 0 Å². The molecule has 4 aromatic rings. The number of amides is 1. The summed E-state index contributed by atoms with van der Waals surface area (Å²) in [6, 6.07) is 23.8. The molecule has 0 fully saturated rings. The van der Waals surface area contributed by atoms with Gasteiger partial charge >= 0.3 is 0 Å². The van der Waals surface area contributed by atoms with Gasteiger partial charge in [0.2, 0.25) is 11.8 Å². The van der Waals surface area contributed by atoms with Gasteiger partial charge in [-0.25, -0.2) is 0 Å². The fourth-order valence-corrected chi connectivity index (χ4v) is 3.54. The van der Waals surface area contributed by atoms with Crippen molar-refractivity contribution in [2.24, 2.45) is 0 Å². The number of hydrogen-bond donors (Lipinski definition) is 1. The van der Waals surface area contributed by atoms with Gasteiger partial charge < -0.3 is 9.73 Å². The fraction of sp³-hybridized carbons (Fsp3) is 0.136. The number of rotatable bonds is 6. The number of nitrogens with zero attached hydrogens (tertiary/aromatic N) is 2. The van der Waals surface area contributed by atoms with Crippen molar-refractivity contribution in [1.82, 2.24) is 10.2 Å². The van der Waals surface area contributed by atoms with Crippen LogP contribution in [0.4, 0.5) is 5.69 Å². The van der Waals surface area contributed by atoms with E-state index in [0.717, 1.165) is 22.0 Å². The molecule has 1 atom stereocenters. The summed E-state index contributed by atoms with van der Waals surface area (Å²) in [4.78, 5) is 12.5. The van der Waals surface area contributed by atoms with E-state index in [-0.39, 0.29) is 11.2 Å². The number of carbonyl (C=O) groups is 1. The smallest absolute Gasteiger partial charge is 0.277 e. The lowest BCUT2D eigenvalue weighted by Gasteiger charge is -2.10. The van der Waals surface area contributed by atoms with E-state index >= 15 is 0 Å². The van der Waals surface area contributed by atoms with Gasteiger partial charge in [-0.05, 0) is 35.4 Å². The van der Waals surface area contributed by atoms with Crippen molar-refractivity contribution in [2.45, 2.75) is 23.8 Å². The van der Waals surface area contributed by atoms with Crippen LogP contribution in [0.15, 0.2) is 82.4 Å². The first-order valence-electron chi connectivity index (χ1n) is 9.00. The lowest BCUT2D eigenvalue weighted by Crippen LogP contribution is -2.22. The molecule has 0 spiro atoms. The van der Waals surface area contributed by atoms with Crippen molar-refractivity contribution in [1.29, 1.82) is 0 Å². The highest BCUT2D eigenvalue weighted by Gasteiger charge is 2.18. The van der Waals surface area contributed by atoms with Crippen LogP contribution in [-0.2, 0) is 11.2 Å². The molecule has 1 N–H and O–H groups in total. The molecule has 4 rings (SSSR count). The second-order valence-electron chi connectivity index (χ2n) is 6.44. The first-order chi connectivity index (χ1) is 13.7. The first-order valence-corrected chi connectivity index (χ1v) is 9.88. The van der Waals surface area contributed by atoms with E-state index in [0.29, 0.717) is 17.5 Å². The molecule has 0 aliphatic carbocycles. The summed E-state index contributed by atoms with van der Waals surface area (Å²) >= 11 is 1.25. The molecule has 0 aliphatic rings. The van der Waals surface area contributed by atoms with Gasteiger partial charge in [0.25, 0.3) is 5.22 Å². The number of benzene rings is 3. The third-order valence-corrected chi connectivity index (χ3v) is 5.24. The van der Waals surface area contributed by atoms with Crippen LogP contribution in [0.25, 0.3) is 10.8 Å². The fourth-order valence-electron chi connectivity index (χ4n) is 2.84. The van der Waals surface area contributed by atoms with Crippen LogP contribution in [0.2, 0.25) is 0 Å². The molecule has 0 radical (unpaired) electrons. The minimum atomic E-state index is -0.364. The maximum Gasteiger partial charge on any atom is 0.277 e. The monoisotopic (exact) mass is 389 g/mol. The number of hydrogen-bond acceptors (Lipinski definition) is 5. The molecule has 140 valence electrons. The predicted molar refractivity (Wildman–Crippen MR) is 111 cm³/mol. The topological polar surface area (TPSA) is 68.0 Å². The van der Waals surface area contributed by atoms with Crippen LogP contribution >= 0.6 is 11.8 Å². The van der Waals surface area contributed by atoms with Crippen LogP contribution in [-0.4, -0.2) is 21.4 Å². The third-order valence-electron chi connectivity index (χ3n) is 4.31. The Morgan fingerprint density at radius 3 is 2.57 bits per heavy atom. The summed E-state index contributed by atoms with van der Waals surface area (Å²) < 4.78 is 5.68. The summed E-state index contributed by atoms with van der Waals surface area (Å²) in [6.07, 6.45) is 0.575. The number of fused-ring (bicyclic) bond motifs is 1. The minimum absolute atomic E-state index is 0.108. The summed E-state index contributed by atoms with van der Waals surface area (Å²) in [6.45, 7) is 1.82. The van der Waals surface area contributed by atoms with Crippen molar-refractivity contribution in [3.05, 3.63) is 84.3 Å². The zero-order chi connectivity index (χ0) is 19.3. The molecule has 0 unspecified atom stereocenters. The molecule has 0 bridgehead atoms. The van der Waals surface area contributed by atoms with E-state index in [1.807, 2.05) is 79.7 Å². The Balaban J connectivity index is 1.37. The zero-order valence-electron chi connectivity index (χ0n) is 15.3. The number of carbonyl (C=O) groups excluding carboxylic acids is 1. The molecule has 6 heteroatoms. The van der Waals surface area contributed by atoms with Crippen molar-refractivity contribution >= 4 is 34.1 Å². The normalized spacial score (nSPS) is 12.0. The van der Waals surface area contributed by atoms with E-state index in [1.54, 1.807) is 0 Å². The quantitative estimate of drug-likeness (QED) is 0.474. The van der Waals surface area contributed by atoms with E-state index in [4.69, 9.17) is 4.42 Å². The average molecular weight is 389 g/mol. The second kappa shape index (κ2) is 8.27. The molecule has 3 aromatic carbocycles. The molecule has 28 heavy (non-hydrogen) atoms. The summed E-state index contributed by atoms with van der Waals surface area (Å²) in [7, 11) is 0. The number of thioether (sulfide) groups is 1. The number of aromatic nitrogens is 2. The molecule has 1 heterocycles. The van der Waals surface area contributed by atoms with Gasteiger partial charge in [-0.3, -0.25) is 4.79 Å². The molecular weight excluding hydrogens is 370 g/mol. The van der Waals surface area contributed by atoms with Gasteiger partial charge in [0.05, 0.1) is 11.7 Å². The average Bonchev–Trinajstić information content (AvgIpc) is 3.15.